The van der Waals surface area contributed by atoms with E-state index in [4.69, 9.17) is 10.1 Å². The normalized spacial score (nSPS) is 16.4. The number of piperidine rings is 1. The van der Waals surface area contributed by atoms with E-state index in [2.05, 4.69) is 45.2 Å². The van der Waals surface area contributed by atoms with E-state index in [1.54, 1.807) is 24.4 Å². The van der Waals surface area contributed by atoms with Gasteiger partial charge in [0.15, 0.2) is 0 Å². The summed E-state index contributed by atoms with van der Waals surface area (Å²) in [6.45, 7) is 8.87. The molecule has 0 bridgehead atoms. The van der Waals surface area contributed by atoms with Crippen LogP contribution in [0.15, 0.2) is 67.0 Å². The first-order valence-corrected chi connectivity index (χ1v) is 15.9. The van der Waals surface area contributed by atoms with Crippen LogP contribution < -0.4 is 16.0 Å². The predicted molar refractivity (Wildman–Crippen MR) is 180 cm³/mol. The molecule has 0 aliphatic carbocycles. The van der Waals surface area contributed by atoms with Crippen molar-refractivity contribution in [1.82, 2.24) is 15.2 Å². The highest BCUT2D eigenvalue weighted by molar-refractivity contribution is 6.08. The molecule has 2 aliphatic rings. The van der Waals surface area contributed by atoms with E-state index in [1.165, 1.54) is 11.8 Å². The number of nitrogens with zero attached hydrogens (tertiary/aromatic N) is 2. The van der Waals surface area contributed by atoms with E-state index in [0.29, 0.717) is 47.7 Å². The van der Waals surface area contributed by atoms with Crippen LogP contribution >= 0.6 is 0 Å². The summed E-state index contributed by atoms with van der Waals surface area (Å²) in [7, 11) is 0. The number of nitrogens with one attached hydrogen (secondary N) is 4. The lowest BCUT2D eigenvalue weighted by Crippen LogP contribution is -2.38. The van der Waals surface area contributed by atoms with Gasteiger partial charge >= 0.3 is 0 Å². The molecule has 3 aromatic rings. The van der Waals surface area contributed by atoms with Crippen LogP contribution in [-0.2, 0) is 4.74 Å². The maximum Gasteiger partial charge on any atom is 0.257 e. The summed E-state index contributed by atoms with van der Waals surface area (Å²) in [5.74, 6) is 0.800. The Hall–Kier alpha value is -4.50. The van der Waals surface area contributed by atoms with E-state index in [1.807, 2.05) is 44.0 Å². The van der Waals surface area contributed by atoms with Gasteiger partial charge in [-0.2, -0.15) is 0 Å². The maximum atomic E-state index is 13.5. The number of amides is 2. The quantitative estimate of drug-likeness (QED) is 0.202. The van der Waals surface area contributed by atoms with Gasteiger partial charge in [-0.25, -0.2) is 4.98 Å². The molecule has 2 fully saturated rings. The Bertz CT molecular complexity index is 1500. The van der Waals surface area contributed by atoms with Crippen molar-refractivity contribution < 1.29 is 14.3 Å². The van der Waals surface area contributed by atoms with Gasteiger partial charge in [0.05, 0.1) is 5.56 Å². The third-order valence-corrected chi connectivity index (χ3v) is 8.54. The number of pyridine rings is 1. The van der Waals surface area contributed by atoms with Gasteiger partial charge in [0.2, 0.25) is 0 Å². The monoisotopic (exact) mass is 608 g/mol. The van der Waals surface area contributed by atoms with Crippen molar-refractivity contribution in [2.45, 2.75) is 64.5 Å². The van der Waals surface area contributed by atoms with E-state index in [-0.39, 0.29) is 17.9 Å². The Morgan fingerprint density at radius 3 is 2.29 bits per heavy atom. The second-order valence-corrected chi connectivity index (χ2v) is 12.2. The minimum Gasteiger partial charge on any atom is -0.387 e. The molecule has 236 valence electrons. The number of likely N-dealkylation sites (tertiary alicyclic amines) is 1. The first-order chi connectivity index (χ1) is 21.8. The van der Waals surface area contributed by atoms with Crippen LogP contribution in [0.5, 0.6) is 0 Å². The summed E-state index contributed by atoms with van der Waals surface area (Å²) in [5, 5.41) is 17.5. The van der Waals surface area contributed by atoms with Gasteiger partial charge in [0.25, 0.3) is 11.8 Å². The summed E-state index contributed by atoms with van der Waals surface area (Å²) in [5.41, 5.74) is 5.64. The first kappa shape index (κ1) is 31.9. The van der Waals surface area contributed by atoms with E-state index < -0.39 is 0 Å². The summed E-state index contributed by atoms with van der Waals surface area (Å²) < 4.78 is 5.43. The average Bonchev–Trinajstić information content (AvgIpc) is 3.06. The third-order valence-electron chi connectivity index (χ3n) is 8.54. The summed E-state index contributed by atoms with van der Waals surface area (Å²) in [6, 6.07) is 18.1. The van der Waals surface area contributed by atoms with Crippen molar-refractivity contribution in [3.05, 3.63) is 94.8 Å². The number of ether oxygens (including phenoxy) is 1. The number of carbonyl (C=O) groups is 2. The highest BCUT2D eigenvalue weighted by atomic mass is 16.5. The average molecular weight is 609 g/mol. The van der Waals surface area contributed by atoms with Gasteiger partial charge < -0.3 is 31.0 Å². The number of aryl methyl sites for hydroxylation is 1. The molecule has 0 radical (unpaired) electrons. The molecule has 9 nitrogen and oxygen atoms in total. The lowest BCUT2D eigenvalue weighted by molar-refractivity contribution is 0.0712. The fourth-order valence-electron chi connectivity index (χ4n) is 5.82. The molecule has 2 aromatic carbocycles. The fourth-order valence-corrected chi connectivity index (χ4v) is 5.82. The van der Waals surface area contributed by atoms with Crippen LogP contribution in [0, 0.1) is 12.3 Å². The number of rotatable bonds is 10. The second-order valence-electron chi connectivity index (χ2n) is 12.2. The SMILES string of the molecule is Cc1ccc(C(=O)N2CCC(c3ccc(/C(C=N)=C/NC4CCOCC4)cc3)CC2)cc1NC(=O)c1ccc(NC(C)C)nc1. The molecule has 1 aromatic heterocycles. The molecule has 4 N–H and O–H groups in total. The van der Waals surface area contributed by atoms with Crippen LogP contribution in [0.1, 0.15) is 82.9 Å². The lowest BCUT2D eigenvalue weighted by atomic mass is 9.88. The number of hydrogen-bond donors (Lipinski definition) is 4. The van der Waals surface area contributed by atoms with Crippen molar-refractivity contribution in [3.8, 4) is 0 Å². The Morgan fingerprint density at radius 1 is 0.956 bits per heavy atom. The van der Waals surface area contributed by atoms with Crippen molar-refractivity contribution in [1.29, 1.82) is 5.41 Å². The van der Waals surface area contributed by atoms with Crippen molar-refractivity contribution in [2.24, 2.45) is 0 Å². The summed E-state index contributed by atoms with van der Waals surface area (Å²) in [6.07, 6.45) is 8.62. The van der Waals surface area contributed by atoms with Gasteiger partial charge in [0.1, 0.15) is 5.82 Å². The topological polar surface area (TPSA) is 119 Å². The first-order valence-electron chi connectivity index (χ1n) is 15.9. The number of aromatic nitrogens is 1. The molecule has 0 spiro atoms. The predicted octanol–water partition coefficient (Wildman–Crippen LogP) is 6.24. The zero-order valence-electron chi connectivity index (χ0n) is 26.4. The van der Waals surface area contributed by atoms with Gasteiger partial charge in [-0.1, -0.05) is 30.3 Å². The summed E-state index contributed by atoms with van der Waals surface area (Å²) in [4.78, 5) is 32.6. The van der Waals surface area contributed by atoms with Crippen LogP contribution in [0.2, 0.25) is 0 Å². The van der Waals surface area contributed by atoms with E-state index in [0.717, 1.165) is 55.6 Å². The zero-order chi connectivity index (χ0) is 31.8. The largest absolute Gasteiger partial charge is 0.387 e. The standard InChI is InChI=1S/C36H44N6O3/c1-24(2)40-34-11-10-30(22-39-34)35(43)41-33-20-29(5-4-25(33)3)36(44)42-16-12-28(13-17-42)26-6-8-27(9-7-26)31(21-37)23-38-32-14-18-45-19-15-32/h4-11,20-24,28,32,37-38H,12-19H2,1-3H3,(H,39,40)(H,41,43)/b31-23+,37-21?. The highest BCUT2D eigenvalue weighted by Crippen LogP contribution is 2.30. The molecule has 5 rings (SSSR count). The molecule has 2 amide bonds. The molecule has 9 heteroatoms. The Labute approximate surface area is 266 Å². The molecular weight excluding hydrogens is 564 g/mol. The van der Waals surface area contributed by atoms with Gasteiger partial charge in [-0.3, -0.25) is 9.59 Å². The zero-order valence-corrected chi connectivity index (χ0v) is 26.4. The van der Waals surface area contributed by atoms with Gasteiger partial charge in [-0.15, -0.1) is 0 Å². The fraction of sp³-hybridized carbons (Fsp3) is 0.389. The third kappa shape index (κ3) is 8.36. The van der Waals surface area contributed by atoms with Crippen LogP contribution in [0.25, 0.3) is 5.57 Å². The summed E-state index contributed by atoms with van der Waals surface area (Å²) >= 11 is 0. The maximum absolute atomic E-state index is 13.5. The molecular formula is C36H44N6O3. The molecule has 45 heavy (non-hydrogen) atoms. The van der Waals surface area contributed by atoms with Gasteiger partial charge in [0, 0.05) is 73.8 Å². The minimum absolute atomic E-state index is 0.0251. The molecule has 0 unspecified atom stereocenters. The van der Waals surface area contributed by atoms with E-state index >= 15 is 0 Å². The highest BCUT2D eigenvalue weighted by Gasteiger charge is 2.25. The number of anilines is 2. The Balaban J connectivity index is 1.16. The van der Waals surface area contributed by atoms with Crippen LogP contribution in [0.3, 0.4) is 0 Å². The van der Waals surface area contributed by atoms with Crippen LogP contribution in [-0.4, -0.2) is 66.3 Å². The van der Waals surface area contributed by atoms with Crippen molar-refractivity contribution in [2.75, 3.05) is 36.9 Å². The van der Waals surface area contributed by atoms with Gasteiger partial charge in [-0.05, 0) is 93.3 Å². The Kier molecular flexibility index (Phi) is 10.6. The number of allylic oxidation sites excluding steroid dienone is 1. The smallest absolute Gasteiger partial charge is 0.257 e. The molecule has 3 heterocycles. The number of hydrogen-bond acceptors (Lipinski definition) is 7. The molecule has 0 saturated carbocycles. The van der Waals surface area contributed by atoms with E-state index in [9.17, 15) is 9.59 Å². The number of benzene rings is 2. The number of carbonyl (C=O) groups excluding carboxylic acids is 2. The van der Waals surface area contributed by atoms with Crippen molar-refractivity contribution >= 4 is 35.1 Å². The lowest BCUT2D eigenvalue weighted by Gasteiger charge is -2.32. The molecule has 0 atom stereocenters. The van der Waals surface area contributed by atoms with Crippen LogP contribution in [0.4, 0.5) is 11.5 Å². The van der Waals surface area contributed by atoms with Crippen molar-refractivity contribution in [3.63, 3.8) is 0 Å². The molecule has 2 saturated heterocycles. The minimum atomic E-state index is -0.267. The molecule has 2 aliphatic heterocycles. The second kappa shape index (κ2) is 15.0. The Morgan fingerprint density at radius 2 is 1.64 bits per heavy atom.